The van der Waals surface area contributed by atoms with Crippen LogP contribution in [0.2, 0.25) is 0 Å². The fourth-order valence-corrected chi connectivity index (χ4v) is 11.8. The van der Waals surface area contributed by atoms with Crippen molar-refractivity contribution in [3.8, 4) is 33.4 Å². The quantitative estimate of drug-likeness (QED) is 0.171. The molecule has 0 fully saturated rings. The number of aromatic nitrogens is 1. The van der Waals surface area contributed by atoms with Crippen molar-refractivity contribution >= 4 is 59.8 Å². The Morgan fingerprint density at radius 1 is 0.673 bits per heavy atom. The maximum atomic E-state index is 2.62. The predicted molar refractivity (Wildman–Crippen MR) is 236 cm³/mol. The third kappa shape index (κ3) is 4.46. The summed E-state index contributed by atoms with van der Waals surface area (Å²) in [6.45, 7) is 7.12. The van der Waals surface area contributed by atoms with Crippen LogP contribution >= 0.6 is 11.3 Å². The molecule has 4 aliphatic rings. The molecule has 6 aromatic carbocycles. The Morgan fingerprint density at radius 2 is 1.44 bits per heavy atom. The summed E-state index contributed by atoms with van der Waals surface area (Å²) in [4.78, 5) is 0. The third-order valence-corrected chi connectivity index (χ3v) is 14.5. The van der Waals surface area contributed by atoms with Crippen molar-refractivity contribution in [2.45, 2.75) is 51.9 Å². The van der Waals surface area contributed by atoms with Crippen LogP contribution in [0.15, 0.2) is 139 Å². The molecule has 4 aliphatic carbocycles. The van der Waals surface area contributed by atoms with Crippen LogP contribution in [0.1, 0.15) is 67.1 Å². The van der Waals surface area contributed by atoms with Crippen LogP contribution in [0.3, 0.4) is 0 Å². The van der Waals surface area contributed by atoms with Crippen LogP contribution in [0.4, 0.5) is 0 Å². The van der Waals surface area contributed by atoms with Gasteiger partial charge in [0.2, 0.25) is 0 Å². The van der Waals surface area contributed by atoms with Crippen LogP contribution < -0.4 is 0 Å². The summed E-state index contributed by atoms with van der Waals surface area (Å²) in [6.07, 6.45) is 11.7. The second-order valence-electron chi connectivity index (χ2n) is 16.8. The first-order valence-corrected chi connectivity index (χ1v) is 20.8. The average molecular weight is 724 g/mol. The zero-order valence-corrected chi connectivity index (χ0v) is 32.4. The fourth-order valence-electron chi connectivity index (χ4n) is 10.7. The van der Waals surface area contributed by atoms with Crippen molar-refractivity contribution in [2.75, 3.05) is 0 Å². The van der Waals surface area contributed by atoms with Gasteiger partial charge in [-0.05, 0) is 141 Å². The van der Waals surface area contributed by atoms with Crippen molar-refractivity contribution in [1.82, 2.24) is 4.57 Å². The number of benzene rings is 6. The van der Waals surface area contributed by atoms with Crippen LogP contribution in [0.5, 0.6) is 0 Å². The Bertz CT molecular complexity index is 3080. The van der Waals surface area contributed by atoms with E-state index in [4.69, 9.17) is 0 Å². The number of rotatable bonds is 3. The Labute approximate surface area is 326 Å². The highest BCUT2D eigenvalue weighted by Crippen LogP contribution is 2.51. The second kappa shape index (κ2) is 11.4. The molecule has 2 heterocycles. The zero-order valence-electron chi connectivity index (χ0n) is 31.5. The maximum Gasteiger partial charge on any atom is 0.0534 e. The average Bonchev–Trinajstić information content (AvgIpc) is 3.94. The van der Waals surface area contributed by atoms with Gasteiger partial charge in [0, 0.05) is 42.4 Å². The van der Waals surface area contributed by atoms with Crippen LogP contribution in [-0.2, 0) is 18.3 Å². The molecule has 0 radical (unpaired) electrons. The van der Waals surface area contributed by atoms with Gasteiger partial charge in [-0.15, -0.1) is 11.3 Å². The molecule has 0 bridgehead atoms. The summed E-state index contributed by atoms with van der Waals surface area (Å²) in [7, 11) is 0. The van der Waals surface area contributed by atoms with Crippen molar-refractivity contribution in [1.29, 1.82) is 0 Å². The molecule has 1 unspecified atom stereocenters. The largest absolute Gasteiger partial charge is 0.313 e. The molecule has 0 amide bonds. The topological polar surface area (TPSA) is 4.93 Å². The van der Waals surface area contributed by atoms with E-state index in [1.807, 2.05) is 11.3 Å². The van der Waals surface area contributed by atoms with Crippen LogP contribution in [0, 0.1) is 5.92 Å². The first-order valence-electron chi connectivity index (χ1n) is 20.0. The predicted octanol–water partition coefficient (Wildman–Crippen LogP) is 14.5. The standard InChI is InChI=1S/C53H41NS/c1-31-18-24-47-43(26-31)44-28-32(33-20-23-38-37-11-4-6-15-45(37)53(2,3)46(38)29-33)21-25-48(44)54(47)36-22-19-34-27-35-10-8-13-39(51(35)42(34)30-36)40-14-9-17-50-52(40)41-12-5-7-16-49(41)55-50/h4-18,20-21,23-25,28-31H,19,22,26-27H2,1-3H3. The molecular formula is C53H41NS. The SMILES string of the molecule is CC1C=Cc2c(c3cc(-c4ccc5c(c4)C(C)(C)c4ccccc4-5)ccc3n2C2=CC3=C(CC2)Cc2cccc(-c4cccc5sc6ccccc6c45)c23)C1. The molecule has 1 atom stereocenters. The molecule has 12 rings (SSSR count). The lowest BCUT2D eigenvalue weighted by Crippen LogP contribution is -2.14. The van der Waals surface area contributed by atoms with Gasteiger partial charge in [0.05, 0.1) is 5.52 Å². The zero-order chi connectivity index (χ0) is 36.6. The van der Waals surface area contributed by atoms with E-state index in [-0.39, 0.29) is 5.41 Å². The van der Waals surface area contributed by atoms with E-state index in [2.05, 4.69) is 165 Å². The lowest BCUT2D eigenvalue weighted by Gasteiger charge is -2.22. The van der Waals surface area contributed by atoms with E-state index in [1.54, 1.807) is 5.57 Å². The lowest BCUT2D eigenvalue weighted by atomic mass is 9.81. The number of allylic oxidation sites excluding steroid dienone is 5. The van der Waals surface area contributed by atoms with E-state index in [9.17, 15) is 0 Å². The highest BCUT2D eigenvalue weighted by molar-refractivity contribution is 7.25. The van der Waals surface area contributed by atoms with Gasteiger partial charge in [0.25, 0.3) is 0 Å². The molecule has 0 saturated heterocycles. The Morgan fingerprint density at radius 3 is 2.38 bits per heavy atom. The van der Waals surface area contributed by atoms with E-state index in [0.29, 0.717) is 5.92 Å². The van der Waals surface area contributed by atoms with Gasteiger partial charge in [-0.2, -0.15) is 0 Å². The Hall–Kier alpha value is -5.70. The molecule has 55 heavy (non-hydrogen) atoms. The highest BCUT2D eigenvalue weighted by Gasteiger charge is 2.35. The first-order chi connectivity index (χ1) is 26.9. The molecule has 0 saturated carbocycles. The molecule has 264 valence electrons. The Balaban J connectivity index is 0.999. The van der Waals surface area contributed by atoms with Gasteiger partial charge >= 0.3 is 0 Å². The molecule has 0 aliphatic heterocycles. The second-order valence-corrected chi connectivity index (χ2v) is 17.9. The van der Waals surface area contributed by atoms with Gasteiger partial charge < -0.3 is 4.57 Å². The molecular weight excluding hydrogens is 683 g/mol. The summed E-state index contributed by atoms with van der Waals surface area (Å²) in [5, 5.41) is 4.15. The van der Waals surface area contributed by atoms with E-state index < -0.39 is 0 Å². The monoisotopic (exact) mass is 723 g/mol. The molecule has 0 spiro atoms. The Kier molecular flexibility index (Phi) is 6.56. The summed E-state index contributed by atoms with van der Waals surface area (Å²) in [6, 6.07) is 46.2. The summed E-state index contributed by atoms with van der Waals surface area (Å²) in [5.41, 5.74) is 22.5. The third-order valence-electron chi connectivity index (χ3n) is 13.3. The van der Waals surface area contributed by atoms with Gasteiger partial charge in [-0.1, -0.05) is 123 Å². The number of nitrogens with zero attached hydrogens (tertiary/aromatic N) is 1. The van der Waals surface area contributed by atoms with E-state index in [0.717, 1.165) is 25.7 Å². The minimum absolute atomic E-state index is 0.0154. The lowest BCUT2D eigenvalue weighted by molar-refractivity contribution is 0.660. The molecule has 2 aromatic heterocycles. The van der Waals surface area contributed by atoms with E-state index >= 15 is 0 Å². The smallest absolute Gasteiger partial charge is 0.0534 e. The summed E-state index contributed by atoms with van der Waals surface area (Å²) < 4.78 is 5.34. The minimum Gasteiger partial charge on any atom is -0.313 e. The van der Waals surface area contributed by atoms with Crippen molar-refractivity contribution in [3.63, 3.8) is 0 Å². The first kappa shape index (κ1) is 31.6. The number of hydrogen-bond acceptors (Lipinski definition) is 1. The normalized spacial score (nSPS) is 17.7. The number of fused-ring (bicyclic) bond motifs is 11. The fraction of sp³-hybridized carbons (Fsp3) is 0.170. The minimum atomic E-state index is -0.0154. The van der Waals surface area contributed by atoms with Gasteiger partial charge in [0.1, 0.15) is 0 Å². The van der Waals surface area contributed by atoms with E-state index in [1.165, 1.54) is 109 Å². The number of hydrogen-bond donors (Lipinski definition) is 0. The molecule has 0 N–H and O–H groups in total. The molecule has 8 aromatic rings. The van der Waals surface area contributed by atoms with Gasteiger partial charge in [0.15, 0.2) is 0 Å². The highest BCUT2D eigenvalue weighted by atomic mass is 32.1. The van der Waals surface area contributed by atoms with Crippen molar-refractivity contribution in [3.05, 3.63) is 173 Å². The van der Waals surface area contributed by atoms with Crippen LogP contribution in [-0.4, -0.2) is 4.57 Å². The van der Waals surface area contributed by atoms with Gasteiger partial charge in [-0.25, -0.2) is 0 Å². The summed E-state index contributed by atoms with van der Waals surface area (Å²) >= 11 is 1.91. The maximum absolute atomic E-state index is 2.62. The van der Waals surface area contributed by atoms with Gasteiger partial charge in [-0.3, -0.25) is 0 Å². The number of thiophene rings is 1. The molecule has 2 heteroatoms. The summed E-state index contributed by atoms with van der Waals surface area (Å²) in [5.74, 6) is 0.518. The van der Waals surface area contributed by atoms with Crippen LogP contribution in [0.25, 0.3) is 81.8 Å². The molecule has 1 nitrogen and oxygen atoms in total. The van der Waals surface area contributed by atoms with Crippen molar-refractivity contribution < 1.29 is 0 Å². The van der Waals surface area contributed by atoms with Crippen molar-refractivity contribution in [2.24, 2.45) is 5.92 Å².